The van der Waals surface area contributed by atoms with Gasteiger partial charge in [0.1, 0.15) is 11.8 Å². The molecule has 0 aliphatic rings. The Kier molecular flexibility index (Phi) is 6.37. The van der Waals surface area contributed by atoms with Crippen LogP contribution in [0.2, 0.25) is 0 Å². The van der Waals surface area contributed by atoms with Crippen molar-refractivity contribution in [3.05, 3.63) is 17.3 Å². The molecule has 0 spiro atoms. The number of nitrogens with zero attached hydrogens (tertiary/aromatic N) is 1. The standard InChI is InChI=1S/C12H19N3O4S/c1-7-8(2)19-10(14-7)6-13-12(18)15-9(11(16)17)4-5-20-3/h9H,4-6H2,1-3H3,(H,16,17)(H2,13,15,18)/t9-/m1/s1. The van der Waals surface area contributed by atoms with Crippen molar-refractivity contribution >= 4 is 23.8 Å². The smallest absolute Gasteiger partial charge is 0.326 e. The van der Waals surface area contributed by atoms with Crippen molar-refractivity contribution in [2.24, 2.45) is 0 Å². The first-order valence-electron chi connectivity index (χ1n) is 6.13. The van der Waals surface area contributed by atoms with E-state index in [9.17, 15) is 9.59 Å². The van der Waals surface area contributed by atoms with Crippen LogP contribution in [0.3, 0.4) is 0 Å². The quantitative estimate of drug-likeness (QED) is 0.701. The van der Waals surface area contributed by atoms with Gasteiger partial charge < -0.3 is 20.2 Å². The predicted octanol–water partition coefficient (Wildman–Crippen LogP) is 1.30. The molecule has 0 unspecified atom stereocenters. The van der Waals surface area contributed by atoms with Gasteiger partial charge in [0.25, 0.3) is 0 Å². The molecule has 7 nitrogen and oxygen atoms in total. The summed E-state index contributed by atoms with van der Waals surface area (Å²) in [5.41, 5.74) is 0.769. The number of thioether (sulfide) groups is 1. The number of aryl methyl sites for hydroxylation is 2. The van der Waals surface area contributed by atoms with E-state index in [0.29, 0.717) is 23.8 Å². The molecule has 112 valence electrons. The molecule has 0 saturated heterocycles. The molecule has 1 atom stereocenters. The second-order valence-corrected chi connectivity index (χ2v) is 5.23. The Bertz CT molecular complexity index is 456. The molecule has 0 bridgehead atoms. The van der Waals surface area contributed by atoms with E-state index in [1.54, 1.807) is 6.92 Å². The van der Waals surface area contributed by atoms with Gasteiger partial charge in [0.05, 0.1) is 12.2 Å². The van der Waals surface area contributed by atoms with E-state index in [2.05, 4.69) is 15.6 Å². The maximum absolute atomic E-state index is 11.6. The summed E-state index contributed by atoms with van der Waals surface area (Å²) >= 11 is 1.53. The maximum Gasteiger partial charge on any atom is 0.326 e. The minimum Gasteiger partial charge on any atom is -0.480 e. The molecule has 1 heterocycles. The first kappa shape index (κ1) is 16.4. The van der Waals surface area contributed by atoms with Gasteiger partial charge in [0, 0.05) is 0 Å². The van der Waals surface area contributed by atoms with Crippen LogP contribution < -0.4 is 10.6 Å². The molecule has 8 heteroatoms. The number of aromatic nitrogens is 1. The zero-order valence-corrected chi connectivity index (χ0v) is 12.5. The lowest BCUT2D eigenvalue weighted by atomic mass is 10.2. The second kappa shape index (κ2) is 7.78. The van der Waals surface area contributed by atoms with Gasteiger partial charge in [-0.15, -0.1) is 0 Å². The molecule has 3 N–H and O–H groups in total. The van der Waals surface area contributed by atoms with E-state index in [0.717, 1.165) is 5.69 Å². The van der Waals surface area contributed by atoms with Crippen LogP contribution >= 0.6 is 11.8 Å². The van der Waals surface area contributed by atoms with E-state index in [-0.39, 0.29) is 6.54 Å². The van der Waals surface area contributed by atoms with Crippen molar-refractivity contribution < 1.29 is 19.1 Å². The summed E-state index contributed by atoms with van der Waals surface area (Å²) in [4.78, 5) is 26.7. The van der Waals surface area contributed by atoms with Crippen molar-refractivity contribution in [2.75, 3.05) is 12.0 Å². The van der Waals surface area contributed by atoms with Gasteiger partial charge in [-0.3, -0.25) is 0 Å². The van der Waals surface area contributed by atoms with Crippen LogP contribution in [0.4, 0.5) is 4.79 Å². The lowest BCUT2D eigenvalue weighted by Crippen LogP contribution is -2.46. The van der Waals surface area contributed by atoms with Crippen molar-refractivity contribution in [3.63, 3.8) is 0 Å². The molecule has 1 aromatic rings. The average Bonchev–Trinajstić information content (AvgIpc) is 2.71. The molecule has 0 saturated carbocycles. The number of hydrogen-bond donors (Lipinski definition) is 3. The Morgan fingerprint density at radius 3 is 2.65 bits per heavy atom. The number of carboxylic acids is 1. The Morgan fingerprint density at radius 2 is 2.15 bits per heavy atom. The summed E-state index contributed by atoms with van der Waals surface area (Å²) < 4.78 is 5.31. The first-order chi connectivity index (χ1) is 9.43. The fourth-order valence-corrected chi connectivity index (χ4v) is 1.94. The highest BCUT2D eigenvalue weighted by Gasteiger charge is 2.19. The number of carbonyl (C=O) groups excluding carboxylic acids is 1. The van der Waals surface area contributed by atoms with Gasteiger partial charge in [-0.05, 0) is 32.3 Å². The summed E-state index contributed by atoms with van der Waals surface area (Å²) in [6.45, 7) is 3.72. The van der Waals surface area contributed by atoms with E-state index < -0.39 is 18.0 Å². The number of carboxylic acid groups (broad SMARTS) is 1. The Labute approximate surface area is 121 Å². The summed E-state index contributed by atoms with van der Waals surface area (Å²) in [5, 5.41) is 13.9. The van der Waals surface area contributed by atoms with Gasteiger partial charge in [0.2, 0.25) is 5.89 Å². The number of hydrogen-bond acceptors (Lipinski definition) is 5. The highest BCUT2D eigenvalue weighted by molar-refractivity contribution is 7.98. The number of carbonyl (C=O) groups is 2. The lowest BCUT2D eigenvalue weighted by molar-refractivity contribution is -0.139. The van der Waals surface area contributed by atoms with Crippen molar-refractivity contribution in [3.8, 4) is 0 Å². The molecular weight excluding hydrogens is 282 g/mol. The minimum atomic E-state index is -1.04. The van der Waals surface area contributed by atoms with Gasteiger partial charge in [0.15, 0.2) is 0 Å². The van der Waals surface area contributed by atoms with Crippen molar-refractivity contribution in [1.82, 2.24) is 15.6 Å². The second-order valence-electron chi connectivity index (χ2n) is 4.25. The van der Waals surface area contributed by atoms with E-state index in [1.165, 1.54) is 11.8 Å². The average molecular weight is 301 g/mol. The molecule has 1 rings (SSSR count). The number of amides is 2. The topological polar surface area (TPSA) is 104 Å². The SMILES string of the molecule is CSCC[C@@H](NC(=O)NCc1nc(C)c(C)o1)C(=O)O. The molecule has 0 aliphatic heterocycles. The fraction of sp³-hybridized carbons (Fsp3) is 0.583. The van der Waals surface area contributed by atoms with Crippen LogP contribution in [0.15, 0.2) is 4.42 Å². The first-order valence-corrected chi connectivity index (χ1v) is 7.52. The van der Waals surface area contributed by atoms with Crippen molar-refractivity contribution in [1.29, 1.82) is 0 Å². The normalized spacial score (nSPS) is 11.9. The van der Waals surface area contributed by atoms with Gasteiger partial charge in [-0.2, -0.15) is 11.8 Å². The molecule has 0 aromatic carbocycles. The summed E-state index contributed by atoms with van der Waals surface area (Å²) in [6, 6.07) is -1.44. The third kappa shape index (κ3) is 5.12. The Balaban J connectivity index is 2.43. The van der Waals surface area contributed by atoms with Gasteiger partial charge in [-0.1, -0.05) is 0 Å². The number of urea groups is 1. The van der Waals surface area contributed by atoms with E-state index in [1.807, 2.05) is 13.2 Å². The maximum atomic E-state index is 11.6. The Morgan fingerprint density at radius 1 is 1.45 bits per heavy atom. The van der Waals surface area contributed by atoms with Crippen LogP contribution in [0, 0.1) is 13.8 Å². The van der Waals surface area contributed by atoms with Gasteiger partial charge in [-0.25, -0.2) is 14.6 Å². The van der Waals surface area contributed by atoms with Crippen LogP contribution in [0.5, 0.6) is 0 Å². The fourth-order valence-electron chi connectivity index (χ4n) is 1.47. The largest absolute Gasteiger partial charge is 0.480 e. The molecule has 1 aromatic heterocycles. The zero-order chi connectivity index (χ0) is 15.1. The number of rotatable bonds is 7. The molecule has 20 heavy (non-hydrogen) atoms. The third-order valence-corrected chi connectivity index (χ3v) is 3.33. The van der Waals surface area contributed by atoms with E-state index in [4.69, 9.17) is 9.52 Å². The highest BCUT2D eigenvalue weighted by Crippen LogP contribution is 2.07. The summed E-state index contributed by atoms with van der Waals surface area (Å²) in [6.07, 6.45) is 2.26. The molecular formula is C12H19N3O4S. The predicted molar refractivity (Wildman–Crippen MR) is 75.8 cm³/mol. The van der Waals surface area contributed by atoms with E-state index >= 15 is 0 Å². The zero-order valence-electron chi connectivity index (χ0n) is 11.7. The molecule has 2 amide bonds. The summed E-state index contributed by atoms with van der Waals surface area (Å²) in [7, 11) is 0. The monoisotopic (exact) mass is 301 g/mol. The number of aliphatic carboxylic acids is 1. The third-order valence-electron chi connectivity index (χ3n) is 2.69. The lowest BCUT2D eigenvalue weighted by Gasteiger charge is -2.14. The number of nitrogens with one attached hydrogen (secondary N) is 2. The minimum absolute atomic E-state index is 0.120. The van der Waals surface area contributed by atoms with Crippen LogP contribution in [-0.4, -0.2) is 40.1 Å². The van der Waals surface area contributed by atoms with Crippen LogP contribution in [0.1, 0.15) is 23.8 Å². The molecule has 0 radical (unpaired) electrons. The Hall–Kier alpha value is -1.70. The van der Waals surface area contributed by atoms with Crippen LogP contribution in [0.25, 0.3) is 0 Å². The van der Waals surface area contributed by atoms with Crippen LogP contribution in [-0.2, 0) is 11.3 Å². The van der Waals surface area contributed by atoms with Gasteiger partial charge >= 0.3 is 12.0 Å². The molecule has 0 fully saturated rings. The summed E-state index contributed by atoms with van der Waals surface area (Å²) in [5.74, 6) is 0.712. The number of oxazole rings is 1. The van der Waals surface area contributed by atoms with Crippen molar-refractivity contribution in [2.45, 2.75) is 32.9 Å². The molecule has 0 aliphatic carbocycles. The highest BCUT2D eigenvalue weighted by atomic mass is 32.2.